The molecule has 1 aromatic carbocycles. The molecule has 0 unspecified atom stereocenters. The second-order valence-electron chi connectivity index (χ2n) is 6.55. The zero-order valence-electron chi connectivity index (χ0n) is 11.5. The normalized spacial score (nSPS) is 17.6. The van der Waals surface area contributed by atoms with Crippen LogP contribution < -0.4 is 0 Å². The highest BCUT2D eigenvalue weighted by molar-refractivity contribution is 7.99. The molecule has 4 heteroatoms. The van der Waals surface area contributed by atoms with E-state index >= 15 is 0 Å². The molecular weight excluding hydrogens is 246 g/mol. The van der Waals surface area contributed by atoms with Gasteiger partial charge in [0, 0.05) is 28.2 Å². The molecule has 2 rings (SSSR count). The van der Waals surface area contributed by atoms with E-state index < -0.39 is 0 Å². The SMILES string of the molecule is CC(C)(C)c1cc([N+](=O)[O-])cc2c1SCC2(C)C. The summed E-state index contributed by atoms with van der Waals surface area (Å²) in [4.78, 5) is 12.1. The molecule has 3 nitrogen and oxygen atoms in total. The number of non-ortho nitro benzene ring substituents is 1. The van der Waals surface area contributed by atoms with E-state index in [1.54, 1.807) is 12.1 Å². The van der Waals surface area contributed by atoms with Crippen LogP contribution in [0.2, 0.25) is 0 Å². The van der Waals surface area contributed by atoms with Crippen LogP contribution in [0.1, 0.15) is 45.7 Å². The minimum absolute atomic E-state index is 0.0199. The van der Waals surface area contributed by atoms with Gasteiger partial charge in [-0.1, -0.05) is 34.6 Å². The van der Waals surface area contributed by atoms with Crippen molar-refractivity contribution >= 4 is 17.4 Å². The Hall–Kier alpha value is -1.03. The average Bonchev–Trinajstić information content (AvgIpc) is 2.52. The summed E-state index contributed by atoms with van der Waals surface area (Å²) in [6.45, 7) is 10.6. The smallest absolute Gasteiger partial charge is 0.258 e. The van der Waals surface area contributed by atoms with Gasteiger partial charge >= 0.3 is 0 Å². The molecule has 0 fully saturated rings. The van der Waals surface area contributed by atoms with Gasteiger partial charge in [-0.15, -0.1) is 11.8 Å². The Kier molecular flexibility index (Phi) is 2.97. The molecule has 0 bridgehead atoms. The highest BCUT2D eigenvalue weighted by Crippen LogP contribution is 2.49. The number of rotatable bonds is 1. The largest absolute Gasteiger partial charge is 0.270 e. The summed E-state index contributed by atoms with van der Waals surface area (Å²) in [6, 6.07) is 3.50. The summed E-state index contributed by atoms with van der Waals surface area (Å²) in [5.41, 5.74) is 2.40. The molecule has 1 heterocycles. The third-order valence-corrected chi connectivity index (χ3v) is 4.99. The van der Waals surface area contributed by atoms with Crippen molar-refractivity contribution in [3.63, 3.8) is 0 Å². The Balaban J connectivity index is 2.73. The van der Waals surface area contributed by atoms with Gasteiger partial charge < -0.3 is 0 Å². The molecule has 1 aliphatic heterocycles. The van der Waals surface area contributed by atoms with Crippen molar-refractivity contribution in [2.24, 2.45) is 0 Å². The topological polar surface area (TPSA) is 43.1 Å². The van der Waals surface area contributed by atoms with Crippen LogP contribution in [0.3, 0.4) is 0 Å². The highest BCUT2D eigenvalue weighted by atomic mass is 32.2. The standard InChI is InChI=1S/C14H19NO2S/c1-13(2,3)10-6-9(15(16)17)7-11-12(10)18-8-14(11,4)5/h6-7H,8H2,1-5H3. The molecule has 0 saturated heterocycles. The molecule has 0 aromatic heterocycles. The molecule has 0 spiro atoms. The van der Waals surface area contributed by atoms with Gasteiger partial charge in [-0.3, -0.25) is 10.1 Å². The Morgan fingerprint density at radius 2 is 1.94 bits per heavy atom. The van der Waals surface area contributed by atoms with Gasteiger partial charge in [-0.25, -0.2) is 0 Å². The first-order valence-corrected chi connectivity index (χ1v) is 7.08. The fourth-order valence-corrected chi connectivity index (χ4v) is 3.94. The highest BCUT2D eigenvalue weighted by Gasteiger charge is 2.36. The van der Waals surface area contributed by atoms with Crippen molar-refractivity contribution in [3.05, 3.63) is 33.4 Å². The number of hydrogen-bond donors (Lipinski definition) is 0. The zero-order valence-corrected chi connectivity index (χ0v) is 12.4. The van der Waals surface area contributed by atoms with E-state index in [2.05, 4.69) is 34.6 Å². The molecule has 1 aromatic rings. The Morgan fingerprint density at radius 1 is 1.33 bits per heavy atom. The fraction of sp³-hybridized carbons (Fsp3) is 0.571. The first-order valence-electron chi connectivity index (χ1n) is 6.09. The van der Waals surface area contributed by atoms with Crippen molar-refractivity contribution in [1.29, 1.82) is 0 Å². The predicted octanol–water partition coefficient (Wildman–Crippen LogP) is 4.28. The maximum absolute atomic E-state index is 11.1. The predicted molar refractivity (Wildman–Crippen MR) is 75.5 cm³/mol. The zero-order chi connectivity index (χ0) is 13.7. The van der Waals surface area contributed by atoms with Gasteiger partial charge in [0.1, 0.15) is 0 Å². The number of nitro benzene ring substituents is 1. The summed E-state index contributed by atoms with van der Waals surface area (Å²) in [5.74, 6) is 0.993. The van der Waals surface area contributed by atoms with E-state index in [4.69, 9.17) is 0 Å². The number of thioether (sulfide) groups is 1. The number of hydrogen-bond acceptors (Lipinski definition) is 3. The van der Waals surface area contributed by atoms with Gasteiger partial charge in [0.25, 0.3) is 5.69 Å². The summed E-state index contributed by atoms with van der Waals surface area (Å²) >= 11 is 1.83. The second-order valence-corrected chi connectivity index (χ2v) is 7.54. The molecule has 0 N–H and O–H groups in total. The lowest BCUT2D eigenvalue weighted by molar-refractivity contribution is -0.385. The third kappa shape index (κ3) is 2.14. The number of nitrogens with zero attached hydrogens (tertiary/aromatic N) is 1. The second kappa shape index (κ2) is 3.98. The van der Waals surface area contributed by atoms with E-state index in [0.29, 0.717) is 0 Å². The molecule has 0 saturated carbocycles. The minimum atomic E-state index is -0.283. The number of nitro groups is 1. The maximum Gasteiger partial charge on any atom is 0.270 e. The van der Waals surface area contributed by atoms with Crippen molar-refractivity contribution in [1.82, 2.24) is 0 Å². The number of benzene rings is 1. The van der Waals surface area contributed by atoms with Crippen LogP contribution in [-0.4, -0.2) is 10.7 Å². The van der Waals surface area contributed by atoms with Crippen LogP contribution >= 0.6 is 11.8 Å². The molecule has 1 aliphatic rings. The monoisotopic (exact) mass is 265 g/mol. The molecule has 0 aliphatic carbocycles. The van der Waals surface area contributed by atoms with Crippen LogP contribution in [0.25, 0.3) is 0 Å². The van der Waals surface area contributed by atoms with Gasteiger partial charge in [0.2, 0.25) is 0 Å². The quantitative estimate of drug-likeness (QED) is 0.562. The first-order chi connectivity index (χ1) is 8.13. The van der Waals surface area contributed by atoms with Crippen molar-refractivity contribution in [3.8, 4) is 0 Å². The third-order valence-electron chi connectivity index (χ3n) is 3.40. The summed E-state index contributed by atoms with van der Waals surface area (Å²) in [5, 5.41) is 11.1. The van der Waals surface area contributed by atoms with Gasteiger partial charge in [0.15, 0.2) is 0 Å². The lowest BCUT2D eigenvalue weighted by Gasteiger charge is -2.24. The lowest BCUT2D eigenvalue weighted by Crippen LogP contribution is -2.18. The maximum atomic E-state index is 11.1. The van der Waals surface area contributed by atoms with Crippen LogP contribution in [0, 0.1) is 10.1 Å². The van der Waals surface area contributed by atoms with Gasteiger partial charge in [-0.2, -0.15) is 0 Å². The molecule has 0 radical (unpaired) electrons. The Bertz CT molecular complexity index is 515. The minimum Gasteiger partial charge on any atom is -0.258 e. The van der Waals surface area contributed by atoms with Crippen LogP contribution in [0.15, 0.2) is 17.0 Å². The van der Waals surface area contributed by atoms with Crippen LogP contribution in [-0.2, 0) is 10.8 Å². The molecular formula is C14H19NO2S. The Morgan fingerprint density at radius 3 is 2.44 bits per heavy atom. The van der Waals surface area contributed by atoms with Crippen molar-refractivity contribution in [2.45, 2.75) is 50.3 Å². The molecule has 0 amide bonds. The summed E-state index contributed by atoms with van der Waals surface area (Å²) in [7, 11) is 0. The molecule has 18 heavy (non-hydrogen) atoms. The molecule has 0 atom stereocenters. The van der Waals surface area contributed by atoms with Gasteiger partial charge in [-0.05, 0) is 16.5 Å². The van der Waals surface area contributed by atoms with Crippen LogP contribution in [0.5, 0.6) is 0 Å². The summed E-state index contributed by atoms with van der Waals surface area (Å²) in [6.07, 6.45) is 0. The molecule has 98 valence electrons. The van der Waals surface area contributed by atoms with Crippen LogP contribution in [0.4, 0.5) is 5.69 Å². The summed E-state index contributed by atoms with van der Waals surface area (Å²) < 4.78 is 0. The van der Waals surface area contributed by atoms with Crippen molar-refractivity contribution in [2.75, 3.05) is 5.75 Å². The lowest BCUT2D eigenvalue weighted by atomic mass is 9.80. The van der Waals surface area contributed by atoms with Gasteiger partial charge in [0.05, 0.1) is 4.92 Å². The van der Waals surface area contributed by atoms with Crippen molar-refractivity contribution < 1.29 is 4.92 Å². The fourth-order valence-electron chi connectivity index (χ4n) is 2.26. The Labute approximate surface area is 112 Å². The van der Waals surface area contributed by atoms with E-state index in [1.807, 2.05) is 11.8 Å². The number of fused-ring (bicyclic) bond motifs is 1. The first kappa shape index (κ1) is 13.4. The van der Waals surface area contributed by atoms with E-state index in [9.17, 15) is 10.1 Å². The van der Waals surface area contributed by atoms with E-state index in [1.165, 1.54) is 4.90 Å². The van der Waals surface area contributed by atoms with E-state index in [0.717, 1.165) is 16.9 Å². The van der Waals surface area contributed by atoms with E-state index in [-0.39, 0.29) is 21.4 Å². The average molecular weight is 265 g/mol.